The quantitative estimate of drug-likeness (QED) is 0.562. The van der Waals surface area contributed by atoms with Crippen LogP contribution in [0.15, 0.2) is 12.3 Å². The summed E-state index contributed by atoms with van der Waals surface area (Å²) in [5.74, 6) is 5.43. The molecule has 1 amide bonds. The van der Waals surface area contributed by atoms with Crippen molar-refractivity contribution in [3.63, 3.8) is 0 Å². The maximum atomic E-state index is 12.1. The predicted molar refractivity (Wildman–Crippen MR) is 79.7 cm³/mol. The number of likely N-dealkylation sites (N-methyl/N-ethyl adjacent to an activating group) is 1. The van der Waals surface area contributed by atoms with Crippen molar-refractivity contribution in [2.45, 2.75) is 24.8 Å². The summed E-state index contributed by atoms with van der Waals surface area (Å²) in [6.07, 6.45) is 4.88. The first-order valence-electron chi connectivity index (χ1n) is 6.56. The first-order chi connectivity index (χ1) is 9.48. The number of amides is 1. The van der Waals surface area contributed by atoms with Gasteiger partial charge in [-0.3, -0.25) is 4.79 Å². The molecule has 1 aromatic rings. The van der Waals surface area contributed by atoms with Crippen molar-refractivity contribution in [3.8, 4) is 0 Å². The van der Waals surface area contributed by atoms with Gasteiger partial charge >= 0.3 is 0 Å². The number of aromatic nitrogens is 1. The Morgan fingerprint density at radius 1 is 1.55 bits per heavy atom. The van der Waals surface area contributed by atoms with Crippen LogP contribution in [0.3, 0.4) is 0 Å². The number of rotatable bonds is 5. The summed E-state index contributed by atoms with van der Waals surface area (Å²) in [5, 5.41) is 3.28. The van der Waals surface area contributed by atoms with E-state index in [0.29, 0.717) is 22.9 Å². The van der Waals surface area contributed by atoms with Crippen LogP contribution in [0, 0.1) is 0 Å². The standard InChI is InChI=1S/C13H20ClN5O/c1-19(2)13(4-3-5-13)8-17-12(20)9-6-10(14)11(18-15)16-7-9/h6-7H,3-5,8,15H2,1-2H3,(H,16,18)(H,17,20). The van der Waals surface area contributed by atoms with Crippen LogP contribution in [-0.4, -0.2) is 42.0 Å². The van der Waals surface area contributed by atoms with Crippen molar-refractivity contribution in [1.82, 2.24) is 15.2 Å². The lowest BCUT2D eigenvalue weighted by atomic mass is 9.75. The third-order valence-corrected chi connectivity index (χ3v) is 4.34. The minimum atomic E-state index is -0.170. The number of pyridine rings is 1. The zero-order valence-corrected chi connectivity index (χ0v) is 12.5. The van der Waals surface area contributed by atoms with Crippen LogP contribution >= 0.6 is 11.6 Å². The minimum absolute atomic E-state index is 0.0889. The Bertz CT molecular complexity index is 502. The maximum absolute atomic E-state index is 12.1. The van der Waals surface area contributed by atoms with Gasteiger partial charge < -0.3 is 15.6 Å². The van der Waals surface area contributed by atoms with Crippen molar-refractivity contribution in [2.75, 3.05) is 26.1 Å². The van der Waals surface area contributed by atoms with Gasteiger partial charge in [0.15, 0.2) is 5.82 Å². The second-order valence-electron chi connectivity index (χ2n) is 5.35. The van der Waals surface area contributed by atoms with Crippen LogP contribution in [0.25, 0.3) is 0 Å². The van der Waals surface area contributed by atoms with E-state index in [1.54, 1.807) is 6.07 Å². The molecule has 0 radical (unpaired) electrons. The van der Waals surface area contributed by atoms with Crippen molar-refractivity contribution in [1.29, 1.82) is 0 Å². The molecule has 0 bridgehead atoms. The summed E-state index contributed by atoms with van der Waals surface area (Å²) in [5.41, 5.74) is 2.89. The number of nitrogen functional groups attached to an aromatic ring is 1. The fourth-order valence-corrected chi connectivity index (χ4v) is 2.60. The first-order valence-corrected chi connectivity index (χ1v) is 6.94. The van der Waals surface area contributed by atoms with Crippen LogP contribution in [0.4, 0.5) is 5.82 Å². The number of hydrogen-bond acceptors (Lipinski definition) is 5. The molecule has 20 heavy (non-hydrogen) atoms. The number of nitrogens with two attached hydrogens (primary N) is 1. The Labute approximate surface area is 123 Å². The van der Waals surface area contributed by atoms with E-state index in [-0.39, 0.29) is 11.4 Å². The van der Waals surface area contributed by atoms with Crippen LogP contribution < -0.4 is 16.6 Å². The highest BCUT2D eigenvalue weighted by atomic mass is 35.5. The zero-order valence-electron chi connectivity index (χ0n) is 11.7. The van der Waals surface area contributed by atoms with Gasteiger partial charge in [0.1, 0.15) is 0 Å². The Morgan fingerprint density at radius 2 is 2.25 bits per heavy atom. The van der Waals surface area contributed by atoms with Gasteiger partial charge in [0.25, 0.3) is 5.91 Å². The van der Waals surface area contributed by atoms with Gasteiger partial charge in [-0.1, -0.05) is 11.6 Å². The van der Waals surface area contributed by atoms with Crippen molar-refractivity contribution >= 4 is 23.3 Å². The molecule has 0 unspecified atom stereocenters. The van der Waals surface area contributed by atoms with Crippen molar-refractivity contribution < 1.29 is 4.79 Å². The number of halogens is 1. The average Bonchev–Trinajstić information content (AvgIpc) is 2.36. The Morgan fingerprint density at radius 3 is 2.70 bits per heavy atom. The summed E-state index contributed by atoms with van der Waals surface area (Å²) in [6, 6.07) is 1.56. The topological polar surface area (TPSA) is 83.3 Å². The fourth-order valence-electron chi connectivity index (χ4n) is 2.38. The van der Waals surface area contributed by atoms with Crippen LogP contribution in [0.5, 0.6) is 0 Å². The molecule has 1 saturated carbocycles. The minimum Gasteiger partial charge on any atom is -0.350 e. The lowest BCUT2D eigenvalue weighted by molar-refractivity contribution is 0.0557. The Hall–Kier alpha value is -1.37. The van der Waals surface area contributed by atoms with E-state index in [0.717, 1.165) is 12.8 Å². The molecule has 1 aliphatic rings. The number of nitrogens with one attached hydrogen (secondary N) is 2. The van der Waals surface area contributed by atoms with Crippen LogP contribution in [0.2, 0.25) is 5.02 Å². The van der Waals surface area contributed by atoms with E-state index < -0.39 is 0 Å². The highest BCUT2D eigenvalue weighted by Crippen LogP contribution is 2.35. The monoisotopic (exact) mass is 297 g/mol. The highest BCUT2D eigenvalue weighted by molar-refractivity contribution is 6.33. The second-order valence-corrected chi connectivity index (χ2v) is 5.76. The molecule has 1 aliphatic carbocycles. The third kappa shape index (κ3) is 2.87. The molecule has 110 valence electrons. The number of hydrazine groups is 1. The van der Waals surface area contributed by atoms with E-state index in [9.17, 15) is 4.79 Å². The Kier molecular flexibility index (Phi) is 4.47. The van der Waals surface area contributed by atoms with Crippen LogP contribution in [-0.2, 0) is 0 Å². The molecule has 4 N–H and O–H groups in total. The van der Waals surface area contributed by atoms with E-state index in [1.807, 2.05) is 14.1 Å². The SMILES string of the molecule is CN(C)C1(CNC(=O)c2cnc(NN)c(Cl)c2)CCC1. The molecule has 1 aromatic heterocycles. The third-order valence-electron chi connectivity index (χ3n) is 4.05. The lowest BCUT2D eigenvalue weighted by Crippen LogP contribution is -2.57. The molecule has 1 fully saturated rings. The highest BCUT2D eigenvalue weighted by Gasteiger charge is 2.39. The molecule has 0 aliphatic heterocycles. The molecule has 0 atom stereocenters. The van der Waals surface area contributed by atoms with Gasteiger partial charge in [0, 0.05) is 18.3 Å². The van der Waals surface area contributed by atoms with E-state index in [1.165, 1.54) is 12.6 Å². The van der Waals surface area contributed by atoms with E-state index in [2.05, 4.69) is 20.6 Å². The van der Waals surface area contributed by atoms with Crippen molar-refractivity contribution in [3.05, 3.63) is 22.8 Å². The fraction of sp³-hybridized carbons (Fsp3) is 0.538. The molecular weight excluding hydrogens is 278 g/mol. The van der Waals surface area contributed by atoms with Gasteiger partial charge in [-0.2, -0.15) is 0 Å². The number of anilines is 1. The molecular formula is C13H20ClN5O. The summed E-state index contributed by atoms with van der Waals surface area (Å²) in [4.78, 5) is 18.3. The summed E-state index contributed by atoms with van der Waals surface area (Å²) in [7, 11) is 4.09. The smallest absolute Gasteiger partial charge is 0.252 e. The summed E-state index contributed by atoms with van der Waals surface area (Å²) in [6.45, 7) is 0.632. The van der Waals surface area contributed by atoms with E-state index in [4.69, 9.17) is 17.4 Å². The number of carbonyl (C=O) groups excluding carboxylic acids is 1. The average molecular weight is 298 g/mol. The lowest BCUT2D eigenvalue weighted by Gasteiger charge is -2.47. The van der Waals surface area contributed by atoms with Gasteiger partial charge in [0.05, 0.1) is 10.6 Å². The van der Waals surface area contributed by atoms with Crippen LogP contribution in [0.1, 0.15) is 29.6 Å². The number of nitrogens with zero attached hydrogens (tertiary/aromatic N) is 2. The molecule has 1 heterocycles. The van der Waals surface area contributed by atoms with Gasteiger partial charge in [-0.05, 0) is 39.4 Å². The normalized spacial score (nSPS) is 16.6. The van der Waals surface area contributed by atoms with Gasteiger partial charge in [-0.15, -0.1) is 0 Å². The maximum Gasteiger partial charge on any atom is 0.252 e. The van der Waals surface area contributed by atoms with E-state index >= 15 is 0 Å². The molecule has 0 aromatic carbocycles. The molecule has 6 nitrogen and oxygen atoms in total. The predicted octanol–water partition coefficient (Wildman–Crippen LogP) is 1.23. The van der Waals surface area contributed by atoms with Crippen molar-refractivity contribution in [2.24, 2.45) is 5.84 Å². The molecule has 2 rings (SSSR count). The summed E-state index contributed by atoms with van der Waals surface area (Å²) < 4.78 is 0. The van der Waals surface area contributed by atoms with Gasteiger partial charge in [-0.25, -0.2) is 10.8 Å². The second kappa shape index (κ2) is 5.95. The zero-order chi connectivity index (χ0) is 14.8. The molecule has 0 spiro atoms. The first kappa shape index (κ1) is 15.0. The summed E-state index contributed by atoms with van der Waals surface area (Å²) >= 11 is 5.96. The molecule has 7 heteroatoms. The Balaban J connectivity index is 2.00. The van der Waals surface area contributed by atoms with Gasteiger partial charge in [0.2, 0.25) is 0 Å². The molecule has 0 saturated heterocycles. The largest absolute Gasteiger partial charge is 0.350 e. The number of hydrogen-bond donors (Lipinski definition) is 3. The number of carbonyl (C=O) groups is 1.